The van der Waals surface area contributed by atoms with E-state index < -0.39 is 0 Å². The summed E-state index contributed by atoms with van der Waals surface area (Å²) in [5.41, 5.74) is 0. The van der Waals surface area contributed by atoms with Gasteiger partial charge in [-0.2, -0.15) is 0 Å². The molecule has 2 atom stereocenters. The molecule has 2 amide bonds. The van der Waals surface area contributed by atoms with Gasteiger partial charge in [0.05, 0.1) is 6.04 Å². The lowest BCUT2D eigenvalue weighted by molar-refractivity contribution is -0.133. The summed E-state index contributed by atoms with van der Waals surface area (Å²) in [4.78, 5) is 26.8. The van der Waals surface area contributed by atoms with Gasteiger partial charge in [-0.05, 0) is 56.9 Å². The molecule has 0 aromatic carbocycles. The van der Waals surface area contributed by atoms with Gasteiger partial charge < -0.3 is 15.5 Å². The molecule has 6 heteroatoms. The number of carbonyl (C=O) groups excluding carboxylic acids is 2. The minimum atomic E-state index is -0.00360. The molecule has 2 heterocycles. The molecule has 27 heavy (non-hydrogen) atoms. The Morgan fingerprint density at radius 1 is 0.963 bits per heavy atom. The molecule has 1 saturated carbocycles. The summed E-state index contributed by atoms with van der Waals surface area (Å²) in [6.45, 7) is 3.38. The summed E-state index contributed by atoms with van der Waals surface area (Å²) in [5.74, 6) is 1.74. The van der Waals surface area contributed by atoms with Crippen molar-refractivity contribution in [3.05, 3.63) is 0 Å². The number of nitrogens with one attached hydrogen (secondary N) is 2. The number of rotatable bonds is 7. The molecular weight excluding hydrogens is 362 g/mol. The Kier molecular flexibility index (Phi) is 9.91. The average molecular weight is 400 g/mol. The lowest BCUT2D eigenvalue weighted by atomic mass is 9.86. The van der Waals surface area contributed by atoms with E-state index in [4.69, 9.17) is 0 Å². The highest BCUT2D eigenvalue weighted by atomic mass is 35.5. The highest BCUT2D eigenvalue weighted by molar-refractivity contribution is 5.85. The molecule has 0 bridgehead atoms. The van der Waals surface area contributed by atoms with Crippen molar-refractivity contribution in [2.75, 3.05) is 26.2 Å². The van der Waals surface area contributed by atoms with Crippen LogP contribution >= 0.6 is 12.4 Å². The molecule has 2 N–H and O–H groups in total. The van der Waals surface area contributed by atoms with Gasteiger partial charge in [0.1, 0.15) is 0 Å². The van der Waals surface area contributed by atoms with Crippen LogP contribution in [0.1, 0.15) is 77.0 Å². The fraction of sp³-hybridized carbons (Fsp3) is 0.905. The average Bonchev–Trinajstić information content (AvgIpc) is 3.22. The zero-order valence-electron chi connectivity index (χ0n) is 16.7. The highest BCUT2D eigenvalue weighted by Crippen LogP contribution is 2.28. The number of nitrogens with zero attached hydrogens (tertiary/aromatic N) is 1. The molecule has 1 aliphatic carbocycles. The third-order valence-electron chi connectivity index (χ3n) is 6.54. The molecule has 2 saturated heterocycles. The van der Waals surface area contributed by atoms with Gasteiger partial charge >= 0.3 is 0 Å². The van der Waals surface area contributed by atoms with E-state index >= 15 is 0 Å². The van der Waals surface area contributed by atoms with Crippen LogP contribution in [0.4, 0.5) is 0 Å². The smallest absolute Gasteiger partial charge is 0.237 e. The lowest BCUT2D eigenvalue weighted by Gasteiger charge is -2.33. The monoisotopic (exact) mass is 399 g/mol. The van der Waals surface area contributed by atoms with Crippen LogP contribution in [0.2, 0.25) is 0 Å². The lowest BCUT2D eigenvalue weighted by Crippen LogP contribution is -2.46. The molecule has 0 spiro atoms. The zero-order chi connectivity index (χ0) is 18.2. The van der Waals surface area contributed by atoms with Crippen LogP contribution in [0.5, 0.6) is 0 Å². The number of amides is 2. The van der Waals surface area contributed by atoms with Crippen molar-refractivity contribution in [2.24, 2.45) is 11.8 Å². The Hall–Kier alpha value is -0.810. The molecular formula is C21H38ClN3O2. The van der Waals surface area contributed by atoms with Gasteiger partial charge in [0.15, 0.2) is 0 Å². The first-order valence-electron chi connectivity index (χ1n) is 11.0. The van der Waals surface area contributed by atoms with E-state index in [-0.39, 0.29) is 24.4 Å². The van der Waals surface area contributed by atoms with Gasteiger partial charge in [-0.25, -0.2) is 0 Å². The Labute approximate surface area is 170 Å². The van der Waals surface area contributed by atoms with Gasteiger partial charge in [0.2, 0.25) is 11.8 Å². The predicted molar refractivity (Wildman–Crippen MR) is 111 cm³/mol. The Balaban J connectivity index is 0.00000261. The maximum Gasteiger partial charge on any atom is 0.237 e. The van der Waals surface area contributed by atoms with E-state index in [0.29, 0.717) is 24.8 Å². The summed E-state index contributed by atoms with van der Waals surface area (Å²) >= 11 is 0. The summed E-state index contributed by atoms with van der Waals surface area (Å²) in [7, 11) is 0. The van der Waals surface area contributed by atoms with E-state index in [9.17, 15) is 9.59 Å². The van der Waals surface area contributed by atoms with E-state index in [2.05, 4.69) is 15.5 Å². The summed E-state index contributed by atoms with van der Waals surface area (Å²) < 4.78 is 0. The minimum Gasteiger partial charge on any atom is -0.354 e. The fourth-order valence-corrected chi connectivity index (χ4v) is 4.91. The van der Waals surface area contributed by atoms with E-state index in [1.807, 2.05) is 0 Å². The van der Waals surface area contributed by atoms with Crippen LogP contribution in [0.3, 0.4) is 0 Å². The number of hydrogen-bond acceptors (Lipinski definition) is 3. The van der Waals surface area contributed by atoms with Crippen molar-refractivity contribution in [1.82, 2.24) is 15.5 Å². The standard InChI is InChI=1S/C21H37N3O2.ClH/c25-20(12-4-9-17-7-2-1-3-8-17)24-14-6-10-18(16-24)15-23-21(26)19-11-5-13-22-19;/h17-19,22H,1-16H2,(H,23,26);1H. The van der Waals surface area contributed by atoms with Crippen molar-refractivity contribution >= 4 is 24.2 Å². The molecule has 3 aliphatic rings. The van der Waals surface area contributed by atoms with Crippen LogP contribution in [0, 0.1) is 11.8 Å². The Morgan fingerprint density at radius 3 is 2.48 bits per heavy atom. The number of likely N-dealkylation sites (tertiary alicyclic amines) is 1. The van der Waals surface area contributed by atoms with Crippen molar-refractivity contribution in [1.29, 1.82) is 0 Å². The Bertz CT molecular complexity index is 462. The summed E-state index contributed by atoms with van der Waals surface area (Å²) in [6, 6.07) is -0.00360. The molecule has 3 rings (SSSR count). The first-order valence-corrected chi connectivity index (χ1v) is 11.0. The number of piperidine rings is 1. The van der Waals surface area contributed by atoms with Gasteiger partial charge in [0, 0.05) is 26.1 Å². The number of halogens is 1. The third kappa shape index (κ3) is 7.26. The second-order valence-corrected chi connectivity index (χ2v) is 8.64. The van der Waals surface area contributed by atoms with Crippen molar-refractivity contribution in [2.45, 2.75) is 83.1 Å². The first-order chi connectivity index (χ1) is 12.7. The summed E-state index contributed by atoms with van der Waals surface area (Å²) in [6.07, 6.45) is 14.1. The van der Waals surface area contributed by atoms with Gasteiger partial charge in [0.25, 0.3) is 0 Å². The molecule has 3 fully saturated rings. The molecule has 5 nitrogen and oxygen atoms in total. The first kappa shape index (κ1) is 22.5. The summed E-state index contributed by atoms with van der Waals surface area (Å²) in [5, 5.41) is 6.35. The largest absolute Gasteiger partial charge is 0.354 e. The highest BCUT2D eigenvalue weighted by Gasteiger charge is 2.26. The molecule has 0 aromatic rings. The second kappa shape index (κ2) is 11.9. The number of carbonyl (C=O) groups is 2. The molecule has 0 aromatic heterocycles. The van der Waals surface area contributed by atoms with E-state index in [1.54, 1.807) is 0 Å². The van der Waals surface area contributed by atoms with Crippen molar-refractivity contribution in [3.8, 4) is 0 Å². The van der Waals surface area contributed by atoms with Crippen molar-refractivity contribution in [3.63, 3.8) is 0 Å². The normalized spacial score (nSPS) is 26.4. The van der Waals surface area contributed by atoms with Crippen LogP contribution in [-0.2, 0) is 9.59 Å². The maximum absolute atomic E-state index is 12.6. The van der Waals surface area contributed by atoms with Crippen LogP contribution < -0.4 is 10.6 Å². The van der Waals surface area contributed by atoms with Crippen LogP contribution in [-0.4, -0.2) is 48.9 Å². The third-order valence-corrected chi connectivity index (χ3v) is 6.54. The van der Waals surface area contributed by atoms with Crippen molar-refractivity contribution < 1.29 is 9.59 Å². The molecule has 0 radical (unpaired) electrons. The topological polar surface area (TPSA) is 61.4 Å². The number of hydrogen-bond donors (Lipinski definition) is 2. The zero-order valence-corrected chi connectivity index (χ0v) is 17.5. The second-order valence-electron chi connectivity index (χ2n) is 8.64. The predicted octanol–water partition coefficient (Wildman–Crippen LogP) is 3.27. The van der Waals surface area contributed by atoms with Crippen LogP contribution in [0.15, 0.2) is 0 Å². The minimum absolute atomic E-state index is 0. The SMILES string of the molecule is Cl.O=C(NCC1CCCN(C(=O)CCCC2CCCCC2)C1)C1CCCN1. The van der Waals surface area contributed by atoms with E-state index in [1.165, 1.54) is 38.5 Å². The van der Waals surface area contributed by atoms with E-state index in [0.717, 1.165) is 57.7 Å². The van der Waals surface area contributed by atoms with Crippen LogP contribution in [0.25, 0.3) is 0 Å². The van der Waals surface area contributed by atoms with Gasteiger partial charge in [-0.1, -0.05) is 32.1 Å². The molecule has 2 aliphatic heterocycles. The molecule has 156 valence electrons. The van der Waals surface area contributed by atoms with Gasteiger partial charge in [-0.15, -0.1) is 12.4 Å². The fourth-order valence-electron chi connectivity index (χ4n) is 4.91. The quantitative estimate of drug-likeness (QED) is 0.690. The maximum atomic E-state index is 12.6. The molecule has 2 unspecified atom stereocenters. The van der Waals surface area contributed by atoms with Gasteiger partial charge in [-0.3, -0.25) is 9.59 Å². The Morgan fingerprint density at radius 2 is 1.74 bits per heavy atom.